The fourth-order valence-corrected chi connectivity index (χ4v) is 4.55. The lowest BCUT2D eigenvalue weighted by Gasteiger charge is -2.32. The molecule has 1 aromatic heterocycles. The number of likely N-dealkylation sites (tertiary alicyclic amines) is 1. The predicted octanol–water partition coefficient (Wildman–Crippen LogP) is 3.50. The Morgan fingerprint density at radius 1 is 1.26 bits per heavy atom. The number of amides is 2. The number of aromatic nitrogens is 1. The summed E-state index contributed by atoms with van der Waals surface area (Å²) in [5.74, 6) is 0.774. The number of rotatable bonds is 5. The van der Waals surface area contributed by atoms with Crippen molar-refractivity contribution in [3.05, 3.63) is 51.5 Å². The van der Waals surface area contributed by atoms with Crippen molar-refractivity contribution in [2.45, 2.75) is 45.1 Å². The van der Waals surface area contributed by atoms with Crippen molar-refractivity contribution >= 4 is 23.2 Å². The van der Waals surface area contributed by atoms with Gasteiger partial charge >= 0.3 is 0 Å². The minimum atomic E-state index is 0.117. The summed E-state index contributed by atoms with van der Waals surface area (Å²) in [5, 5.41) is 6.08. The number of piperidine rings is 1. The van der Waals surface area contributed by atoms with Gasteiger partial charge < -0.3 is 10.2 Å². The van der Waals surface area contributed by atoms with Gasteiger partial charge in [-0.2, -0.15) is 0 Å². The minimum Gasteiger partial charge on any atom is -0.350 e. The maximum atomic E-state index is 12.9. The molecule has 1 atom stereocenters. The van der Waals surface area contributed by atoms with Crippen molar-refractivity contribution in [1.82, 2.24) is 15.2 Å². The number of nitrogens with one attached hydrogen (secondary N) is 1. The van der Waals surface area contributed by atoms with Gasteiger partial charge in [-0.15, -0.1) is 11.3 Å². The van der Waals surface area contributed by atoms with Gasteiger partial charge in [0, 0.05) is 35.9 Å². The van der Waals surface area contributed by atoms with E-state index in [1.165, 1.54) is 0 Å². The first kappa shape index (κ1) is 18.2. The Balaban J connectivity index is 1.38. The average Bonchev–Trinajstić information content (AvgIpc) is 3.44. The summed E-state index contributed by atoms with van der Waals surface area (Å²) in [5.41, 5.74) is 2.74. The van der Waals surface area contributed by atoms with Crippen molar-refractivity contribution in [2.75, 3.05) is 13.1 Å². The highest BCUT2D eigenvalue weighted by molar-refractivity contribution is 7.09. The number of carbonyl (C=O) groups excluding carboxylic acids is 2. The van der Waals surface area contributed by atoms with Crippen molar-refractivity contribution in [1.29, 1.82) is 0 Å². The molecule has 2 aromatic rings. The largest absolute Gasteiger partial charge is 0.350 e. The van der Waals surface area contributed by atoms with Gasteiger partial charge in [-0.05, 0) is 44.2 Å². The molecular weight excluding hydrogens is 358 g/mol. The van der Waals surface area contributed by atoms with E-state index in [2.05, 4.69) is 5.32 Å². The topological polar surface area (TPSA) is 62.3 Å². The second-order valence-electron chi connectivity index (χ2n) is 7.57. The monoisotopic (exact) mass is 383 g/mol. The Labute approximate surface area is 163 Å². The number of hydrogen-bond donors (Lipinski definition) is 1. The number of nitrogens with zero attached hydrogens (tertiary/aromatic N) is 2. The van der Waals surface area contributed by atoms with E-state index in [4.69, 9.17) is 4.98 Å². The lowest BCUT2D eigenvalue weighted by Crippen LogP contribution is -2.39. The second-order valence-corrected chi connectivity index (χ2v) is 8.46. The Morgan fingerprint density at radius 2 is 2.07 bits per heavy atom. The molecule has 1 aromatic carbocycles. The fourth-order valence-electron chi connectivity index (χ4n) is 3.61. The number of thiazole rings is 1. The lowest BCUT2D eigenvalue weighted by molar-refractivity contribution is -0.122. The van der Waals surface area contributed by atoms with Crippen molar-refractivity contribution in [3.63, 3.8) is 0 Å². The molecule has 2 aliphatic rings. The summed E-state index contributed by atoms with van der Waals surface area (Å²) in [7, 11) is 0. The van der Waals surface area contributed by atoms with Crippen LogP contribution in [-0.2, 0) is 11.3 Å². The third-order valence-electron chi connectivity index (χ3n) is 5.39. The molecule has 1 saturated heterocycles. The molecule has 0 radical (unpaired) electrons. The molecule has 1 aliphatic carbocycles. The third-order valence-corrected chi connectivity index (χ3v) is 6.45. The molecule has 1 N–H and O–H groups in total. The summed E-state index contributed by atoms with van der Waals surface area (Å²) in [6, 6.07) is 7.78. The molecule has 0 spiro atoms. The van der Waals surface area contributed by atoms with Crippen LogP contribution in [0.15, 0.2) is 29.6 Å². The fraction of sp³-hybridized carbons (Fsp3) is 0.476. The van der Waals surface area contributed by atoms with Gasteiger partial charge in [-0.3, -0.25) is 9.59 Å². The van der Waals surface area contributed by atoms with E-state index >= 15 is 0 Å². The summed E-state index contributed by atoms with van der Waals surface area (Å²) in [6.07, 6.45) is 4.08. The van der Waals surface area contributed by atoms with Crippen LogP contribution in [0.2, 0.25) is 0 Å². The van der Waals surface area contributed by atoms with Crippen LogP contribution in [0.3, 0.4) is 0 Å². The zero-order valence-corrected chi connectivity index (χ0v) is 16.4. The Hall–Kier alpha value is -2.21. The Kier molecular flexibility index (Phi) is 5.25. The van der Waals surface area contributed by atoms with Gasteiger partial charge in [-0.1, -0.05) is 18.2 Å². The number of carbonyl (C=O) groups is 2. The van der Waals surface area contributed by atoms with E-state index in [1.807, 2.05) is 41.5 Å². The second kappa shape index (κ2) is 7.80. The molecule has 4 rings (SSSR count). The van der Waals surface area contributed by atoms with Gasteiger partial charge in [0.25, 0.3) is 5.91 Å². The summed E-state index contributed by atoms with van der Waals surface area (Å²) < 4.78 is 0. The van der Waals surface area contributed by atoms with E-state index < -0.39 is 0 Å². The summed E-state index contributed by atoms with van der Waals surface area (Å²) in [6.45, 7) is 4.01. The molecular formula is C21H25N3O2S. The molecule has 5 nitrogen and oxygen atoms in total. The number of hydrogen-bond acceptors (Lipinski definition) is 4. The van der Waals surface area contributed by atoms with Crippen LogP contribution in [0.25, 0.3) is 0 Å². The quantitative estimate of drug-likeness (QED) is 0.860. The molecule has 6 heteroatoms. The van der Waals surface area contributed by atoms with Crippen LogP contribution in [0.1, 0.15) is 58.2 Å². The zero-order chi connectivity index (χ0) is 18.8. The van der Waals surface area contributed by atoms with Crippen LogP contribution in [-0.4, -0.2) is 34.8 Å². The molecule has 142 valence electrons. The molecule has 2 heterocycles. The first-order valence-corrected chi connectivity index (χ1v) is 10.6. The summed E-state index contributed by atoms with van der Waals surface area (Å²) >= 11 is 1.64. The molecule has 0 bridgehead atoms. The standard InChI is InChI=1S/C21H25N3O2S/c1-14-5-2-3-7-18(14)21(26)24-10-4-6-16(12-24)20-23-17(13-27-20)11-22-19(25)15-8-9-15/h2-3,5,7,13,15-16H,4,6,8-12H2,1H3,(H,22,25)/t16-/m0/s1. The van der Waals surface area contributed by atoms with E-state index in [1.54, 1.807) is 11.3 Å². The SMILES string of the molecule is Cc1ccccc1C(=O)N1CCC[C@H](c2nc(CNC(=O)C3CC3)cs2)C1. The van der Waals surface area contributed by atoms with Crippen LogP contribution >= 0.6 is 11.3 Å². The Morgan fingerprint density at radius 3 is 2.85 bits per heavy atom. The molecule has 0 unspecified atom stereocenters. The summed E-state index contributed by atoms with van der Waals surface area (Å²) in [4.78, 5) is 31.4. The van der Waals surface area contributed by atoms with Crippen molar-refractivity contribution in [2.24, 2.45) is 5.92 Å². The minimum absolute atomic E-state index is 0.117. The van der Waals surface area contributed by atoms with Gasteiger partial charge in [-0.25, -0.2) is 4.98 Å². The third kappa shape index (κ3) is 4.21. The normalized spacial score (nSPS) is 19.7. The number of aryl methyl sites for hydroxylation is 1. The predicted molar refractivity (Wildman–Crippen MR) is 106 cm³/mol. The van der Waals surface area contributed by atoms with Crippen LogP contribution < -0.4 is 5.32 Å². The van der Waals surface area contributed by atoms with Gasteiger partial charge in [0.1, 0.15) is 0 Å². The van der Waals surface area contributed by atoms with E-state index in [9.17, 15) is 9.59 Å². The van der Waals surface area contributed by atoms with Gasteiger partial charge in [0.2, 0.25) is 5.91 Å². The Bertz CT molecular complexity index is 843. The lowest BCUT2D eigenvalue weighted by atomic mass is 9.97. The molecule has 1 aliphatic heterocycles. The van der Waals surface area contributed by atoms with Crippen molar-refractivity contribution in [3.8, 4) is 0 Å². The van der Waals surface area contributed by atoms with Crippen LogP contribution in [0.4, 0.5) is 0 Å². The maximum absolute atomic E-state index is 12.9. The highest BCUT2D eigenvalue weighted by Gasteiger charge is 2.30. The van der Waals surface area contributed by atoms with Crippen LogP contribution in [0.5, 0.6) is 0 Å². The smallest absolute Gasteiger partial charge is 0.254 e. The van der Waals surface area contributed by atoms with E-state index in [0.717, 1.165) is 54.1 Å². The number of benzene rings is 1. The molecule has 2 fully saturated rings. The zero-order valence-electron chi connectivity index (χ0n) is 15.6. The molecule has 1 saturated carbocycles. The maximum Gasteiger partial charge on any atom is 0.254 e. The van der Waals surface area contributed by atoms with Gasteiger partial charge in [0.15, 0.2) is 0 Å². The highest BCUT2D eigenvalue weighted by atomic mass is 32.1. The highest BCUT2D eigenvalue weighted by Crippen LogP contribution is 2.31. The molecule has 27 heavy (non-hydrogen) atoms. The first-order chi connectivity index (χ1) is 13.1. The van der Waals surface area contributed by atoms with Gasteiger partial charge in [0.05, 0.1) is 17.2 Å². The first-order valence-electron chi connectivity index (χ1n) is 9.68. The van der Waals surface area contributed by atoms with E-state index in [-0.39, 0.29) is 23.7 Å². The average molecular weight is 384 g/mol. The van der Waals surface area contributed by atoms with E-state index in [0.29, 0.717) is 13.1 Å². The molecule has 2 amide bonds. The van der Waals surface area contributed by atoms with Crippen molar-refractivity contribution < 1.29 is 9.59 Å². The van der Waals surface area contributed by atoms with Crippen LogP contribution in [0, 0.1) is 12.8 Å².